The van der Waals surface area contributed by atoms with Gasteiger partial charge in [0.25, 0.3) is 11.4 Å². The van der Waals surface area contributed by atoms with E-state index in [9.17, 15) is 25.0 Å². The van der Waals surface area contributed by atoms with Crippen LogP contribution in [0.2, 0.25) is 0 Å². The van der Waals surface area contributed by atoms with Gasteiger partial charge in [0.15, 0.2) is 0 Å². The van der Waals surface area contributed by atoms with Gasteiger partial charge in [-0.15, -0.1) is 0 Å². The van der Waals surface area contributed by atoms with E-state index in [0.717, 1.165) is 23.9 Å². The van der Waals surface area contributed by atoms with Crippen molar-refractivity contribution >= 4 is 29.2 Å². The number of rotatable bonds is 6. The fourth-order valence-electron chi connectivity index (χ4n) is 2.41. The first-order valence-corrected chi connectivity index (χ1v) is 8.27. The molecule has 3 rings (SSSR count). The SMILES string of the molecule is O=C(Oc1cccc(C=Nc2ccccc2)c1)c1cc([N+](=O)[O-])cc([N+](=O)[O-])c1. The molecule has 0 amide bonds. The molecule has 0 atom stereocenters. The second-order valence-electron chi connectivity index (χ2n) is 5.81. The second kappa shape index (κ2) is 8.53. The molecule has 144 valence electrons. The summed E-state index contributed by atoms with van der Waals surface area (Å²) in [6.07, 6.45) is 1.59. The molecular formula is C20H13N3O6. The summed E-state index contributed by atoms with van der Waals surface area (Å²) in [6, 6.07) is 18.3. The van der Waals surface area contributed by atoms with Crippen molar-refractivity contribution < 1.29 is 19.4 Å². The number of non-ortho nitro benzene ring substituents is 2. The quantitative estimate of drug-likeness (QED) is 0.201. The number of para-hydroxylation sites is 1. The monoisotopic (exact) mass is 391 g/mol. The lowest BCUT2D eigenvalue weighted by Crippen LogP contribution is -2.10. The Bertz CT molecular complexity index is 1080. The molecule has 29 heavy (non-hydrogen) atoms. The third-order valence-corrected chi connectivity index (χ3v) is 3.75. The third-order valence-electron chi connectivity index (χ3n) is 3.75. The van der Waals surface area contributed by atoms with Gasteiger partial charge in [-0.05, 0) is 29.8 Å². The van der Waals surface area contributed by atoms with Gasteiger partial charge in [-0.3, -0.25) is 25.2 Å². The molecule has 9 nitrogen and oxygen atoms in total. The second-order valence-corrected chi connectivity index (χ2v) is 5.81. The highest BCUT2D eigenvalue weighted by molar-refractivity contribution is 5.93. The fourth-order valence-corrected chi connectivity index (χ4v) is 2.41. The molecule has 0 heterocycles. The van der Waals surface area contributed by atoms with Gasteiger partial charge in [0, 0.05) is 18.3 Å². The Balaban J connectivity index is 1.81. The van der Waals surface area contributed by atoms with Crippen LogP contribution in [0.4, 0.5) is 17.1 Å². The van der Waals surface area contributed by atoms with Crippen molar-refractivity contribution in [2.75, 3.05) is 0 Å². The summed E-state index contributed by atoms with van der Waals surface area (Å²) in [7, 11) is 0. The number of nitro groups is 2. The number of hydrogen-bond acceptors (Lipinski definition) is 7. The van der Waals surface area contributed by atoms with Crippen LogP contribution in [0.25, 0.3) is 0 Å². The van der Waals surface area contributed by atoms with Crippen molar-refractivity contribution in [3.8, 4) is 5.75 Å². The Labute approximate surface area is 164 Å². The van der Waals surface area contributed by atoms with Crippen LogP contribution >= 0.6 is 0 Å². The summed E-state index contributed by atoms with van der Waals surface area (Å²) in [5.74, 6) is -0.782. The van der Waals surface area contributed by atoms with E-state index >= 15 is 0 Å². The molecule has 0 aliphatic rings. The molecule has 0 fully saturated rings. The predicted octanol–water partition coefficient (Wildman–Crippen LogP) is 4.47. The molecule has 0 aliphatic carbocycles. The van der Waals surface area contributed by atoms with Gasteiger partial charge >= 0.3 is 5.97 Å². The van der Waals surface area contributed by atoms with Crippen LogP contribution in [-0.4, -0.2) is 22.0 Å². The van der Waals surface area contributed by atoms with Gasteiger partial charge < -0.3 is 4.74 Å². The van der Waals surface area contributed by atoms with E-state index in [4.69, 9.17) is 4.74 Å². The van der Waals surface area contributed by atoms with E-state index in [1.807, 2.05) is 30.3 Å². The molecule has 9 heteroatoms. The number of hydrogen-bond donors (Lipinski definition) is 0. The number of nitro benzene ring substituents is 2. The lowest BCUT2D eigenvalue weighted by Gasteiger charge is -2.05. The maximum absolute atomic E-state index is 12.4. The van der Waals surface area contributed by atoms with Gasteiger partial charge in [0.2, 0.25) is 0 Å². The molecular weight excluding hydrogens is 378 g/mol. The van der Waals surface area contributed by atoms with Crippen LogP contribution in [0.1, 0.15) is 15.9 Å². The van der Waals surface area contributed by atoms with Crippen LogP contribution in [0.5, 0.6) is 5.75 Å². The van der Waals surface area contributed by atoms with Crippen LogP contribution in [0.15, 0.2) is 77.8 Å². The highest BCUT2D eigenvalue weighted by Gasteiger charge is 2.21. The number of benzene rings is 3. The maximum atomic E-state index is 12.4. The molecule has 0 aliphatic heterocycles. The molecule has 0 aromatic heterocycles. The first-order chi connectivity index (χ1) is 13.9. The normalized spacial score (nSPS) is 10.6. The summed E-state index contributed by atoms with van der Waals surface area (Å²) < 4.78 is 5.22. The van der Waals surface area contributed by atoms with Crippen molar-refractivity contribution in [3.63, 3.8) is 0 Å². The number of ether oxygens (including phenoxy) is 1. The van der Waals surface area contributed by atoms with Crippen molar-refractivity contribution in [2.45, 2.75) is 0 Å². The Morgan fingerprint density at radius 3 is 2.14 bits per heavy atom. The summed E-state index contributed by atoms with van der Waals surface area (Å²) in [5.41, 5.74) is -0.0398. The minimum absolute atomic E-state index is 0.168. The third kappa shape index (κ3) is 5.07. The van der Waals surface area contributed by atoms with Gasteiger partial charge in [-0.1, -0.05) is 30.3 Å². The zero-order chi connectivity index (χ0) is 20.8. The molecule has 3 aromatic rings. The lowest BCUT2D eigenvalue weighted by molar-refractivity contribution is -0.394. The van der Waals surface area contributed by atoms with Gasteiger partial charge in [-0.25, -0.2) is 4.79 Å². The Morgan fingerprint density at radius 2 is 1.52 bits per heavy atom. The Kier molecular flexibility index (Phi) is 5.69. The van der Waals surface area contributed by atoms with E-state index in [1.165, 1.54) is 6.07 Å². The number of carbonyl (C=O) groups excluding carboxylic acids is 1. The zero-order valence-corrected chi connectivity index (χ0v) is 14.8. The number of esters is 1. The zero-order valence-electron chi connectivity index (χ0n) is 14.8. The van der Waals surface area contributed by atoms with Crippen LogP contribution in [0.3, 0.4) is 0 Å². The summed E-state index contributed by atoms with van der Waals surface area (Å²) in [4.78, 5) is 36.9. The summed E-state index contributed by atoms with van der Waals surface area (Å²) in [6.45, 7) is 0. The smallest absolute Gasteiger partial charge is 0.344 e. The highest BCUT2D eigenvalue weighted by atomic mass is 16.6. The minimum Gasteiger partial charge on any atom is -0.423 e. The van der Waals surface area contributed by atoms with Crippen LogP contribution in [0, 0.1) is 20.2 Å². The maximum Gasteiger partial charge on any atom is 0.344 e. The van der Waals surface area contributed by atoms with Crippen molar-refractivity contribution in [1.82, 2.24) is 0 Å². The minimum atomic E-state index is -0.950. The first-order valence-electron chi connectivity index (χ1n) is 8.27. The molecule has 0 spiro atoms. The largest absolute Gasteiger partial charge is 0.423 e. The fraction of sp³-hybridized carbons (Fsp3) is 0. The average Bonchev–Trinajstić information content (AvgIpc) is 2.73. The molecule has 3 aromatic carbocycles. The van der Waals surface area contributed by atoms with Gasteiger partial charge in [0.1, 0.15) is 5.75 Å². The average molecular weight is 391 g/mol. The summed E-state index contributed by atoms with van der Waals surface area (Å²) in [5, 5.41) is 21.9. The van der Waals surface area contributed by atoms with E-state index in [-0.39, 0.29) is 11.3 Å². The van der Waals surface area contributed by atoms with Crippen molar-refractivity contribution in [2.24, 2.45) is 4.99 Å². The van der Waals surface area contributed by atoms with E-state index < -0.39 is 27.2 Å². The molecule has 0 saturated heterocycles. The highest BCUT2D eigenvalue weighted by Crippen LogP contribution is 2.24. The van der Waals surface area contributed by atoms with Gasteiger partial charge in [-0.2, -0.15) is 0 Å². The first kappa shape index (κ1) is 19.4. The number of carbonyl (C=O) groups is 1. The van der Waals surface area contributed by atoms with Gasteiger partial charge in [0.05, 0.1) is 27.2 Å². The molecule has 0 saturated carbocycles. The molecule has 0 bridgehead atoms. The molecule has 0 N–H and O–H groups in total. The van der Waals surface area contributed by atoms with E-state index in [2.05, 4.69) is 4.99 Å². The Morgan fingerprint density at radius 1 is 0.862 bits per heavy atom. The van der Waals surface area contributed by atoms with E-state index in [0.29, 0.717) is 5.56 Å². The van der Waals surface area contributed by atoms with E-state index in [1.54, 1.807) is 24.4 Å². The number of aliphatic imine (C=N–C) groups is 1. The molecule has 0 unspecified atom stereocenters. The number of nitrogens with zero attached hydrogens (tertiary/aromatic N) is 3. The lowest BCUT2D eigenvalue weighted by atomic mass is 10.1. The summed E-state index contributed by atoms with van der Waals surface area (Å²) >= 11 is 0. The Hall–Kier alpha value is -4.40. The standard InChI is InChI=1S/C20H13N3O6/c24-20(15-10-17(22(25)26)12-18(11-15)23(27)28)29-19-8-4-5-14(9-19)13-21-16-6-2-1-3-7-16/h1-13H. The molecule has 0 radical (unpaired) electrons. The van der Waals surface area contributed by atoms with Crippen LogP contribution in [-0.2, 0) is 0 Å². The topological polar surface area (TPSA) is 125 Å². The van der Waals surface area contributed by atoms with Crippen molar-refractivity contribution in [3.05, 3.63) is 104 Å². The predicted molar refractivity (Wildman–Crippen MR) is 105 cm³/mol. The van der Waals surface area contributed by atoms with Crippen molar-refractivity contribution in [1.29, 1.82) is 0 Å². The van der Waals surface area contributed by atoms with Crippen LogP contribution < -0.4 is 4.74 Å².